The second-order valence-corrected chi connectivity index (χ2v) is 9.73. The van der Waals surface area contributed by atoms with Crippen LogP contribution in [0.2, 0.25) is 0 Å². The normalized spacial score (nSPS) is 21.9. The second kappa shape index (κ2) is 11.1. The van der Waals surface area contributed by atoms with E-state index in [4.69, 9.17) is 4.99 Å². The van der Waals surface area contributed by atoms with Crippen molar-refractivity contribution in [3.8, 4) is 0 Å². The van der Waals surface area contributed by atoms with E-state index in [1.165, 1.54) is 49.3 Å². The predicted molar refractivity (Wildman–Crippen MR) is 126 cm³/mol. The SMILES string of the molecule is CCCCN1C(=NC2CCCCC2)SCC1CC(=O)Nc1ccc(C(C)C)cc1. The summed E-state index contributed by atoms with van der Waals surface area (Å²) >= 11 is 1.85. The van der Waals surface area contributed by atoms with Crippen molar-refractivity contribution < 1.29 is 4.79 Å². The molecule has 0 bridgehead atoms. The van der Waals surface area contributed by atoms with E-state index < -0.39 is 0 Å². The third-order valence-electron chi connectivity index (χ3n) is 5.99. The fourth-order valence-electron chi connectivity index (χ4n) is 4.13. The number of amidine groups is 1. The van der Waals surface area contributed by atoms with Crippen molar-refractivity contribution in [1.82, 2.24) is 4.90 Å². The Hall–Kier alpha value is -1.49. The summed E-state index contributed by atoms with van der Waals surface area (Å²) in [4.78, 5) is 20.2. The van der Waals surface area contributed by atoms with Gasteiger partial charge in [-0.05, 0) is 42.9 Å². The monoisotopic (exact) mass is 415 g/mol. The fourth-order valence-corrected chi connectivity index (χ4v) is 5.40. The van der Waals surface area contributed by atoms with Crippen LogP contribution in [0.25, 0.3) is 0 Å². The molecule has 160 valence electrons. The quantitative estimate of drug-likeness (QED) is 0.562. The molecular weight excluding hydrogens is 378 g/mol. The molecule has 1 aromatic carbocycles. The van der Waals surface area contributed by atoms with Crippen molar-refractivity contribution in [3.05, 3.63) is 29.8 Å². The zero-order valence-electron chi connectivity index (χ0n) is 18.3. The molecule has 2 fully saturated rings. The largest absolute Gasteiger partial charge is 0.347 e. The Bertz CT molecular complexity index is 680. The van der Waals surface area contributed by atoms with Gasteiger partial charge >= 0.3 is 0 Å². The minimum Gasteiger partial charge on any atom is -0.347 e. The van der Waals surface area contributed by atoms with Gasteiger partial charge in [0.05, 0.1) is 6.04 Å². The average molecular weight is 416 g/mol. The highest BCUT2D eigenvalue weighted by Crippen LogP contribution is 2.30. The van der Waals surface area contributed by atoms with Gasteiger partial charge in [0.25, 0.3) is 0 Å². The molecule has 1 unspecified atom stereocenters. The van der Waals surface area contributed by atoms with Crippen LogP contribution >= 0.6 is 11.8 Å². The molecule has 2 aliphatic rings. The van der Waals surface area contributed by atoms with Crippen molar-refractivity contribution in [2.24, 2.45) is 4.99 Å². The Morgan fingerprint density at radius 1 is 1.21 bits per heavy atom. The second-order valence-electron chi connectivity index (χ2n) is 8.74. The Balaban J connectivity index is 1.60. The van der Waals surface area contributed by atoms with Crippen molar-refractivity contribution in [1.29, 1.82) is 0 Å². The van der Waals surface area contributed by atoms with Gasteiger partial charge in [-0.2, -0.15) is 0 Å². The highest BCUT2D eigenvalue weighted by molar-refractivity contribution is 8.14. The maximum Gasteiger partial charge on any atom is 0.226 e. The first-order chi connectivity index (χ1) is 14.1. The summed E-state index contributed by atoms with van der Waals surface area (Å²) in [5, 5.41) is 4.28. The van der Waals surface area contributed by atoms with Crippen LogP contribution < -0.4 is 5.32 Å². The molecule has 1 aromatic rings. The highest BCUT2D eigenvalue weighted by Gasteiger charge is 2.32. The summed E-state index contributed by atoms with van der Waals surface area (Å²) < 4.78 is 0. The average Bonchev–Trinajstić information content (AvgIpc) is 3.08. The minimum atomic E-state index is 0.105. The van der Waals surface area contributed by atoms with Crippen LogP contribution in [0.15, 0.2) is 29.3 Å². The molecule has 1 atom stereocenters. The number of rotatable bonds is 8. The molecule has 1 saturated carbocycles. The Kier molecular flexibility index (Phi) is 8.46. The molecule has 1 saturated heterocycles. The summed E-state index contributed by atoms with van der Waals surface area (Å²) in [6.07, 6.45) is 9.27. The van der Waals surface area contributed by atoms with Gasteiger partial charge in [0, 0.05) is 30.4 Å². The Labute approximate surface area is 180 Å². The molecule has 5 heteroatoms. The molecule has 1 aliphatic heterocycles. The molecule has 0 aromatic heterocycles. The summed E-state index contributed by atoms with van der Waals surface area (Å²) in [6.45, 7) is 7.60. The number of unbranched alkanes of at least 4 members (excludes halogenated alkanes) is 1. The lowest BCUT2D eigenvalue weighted by molar-refractivity contribution is -0.116. The van der Waals surface area contributed by atoms with Crippen LogP contribution in [0.5, 0.6) is 0 Å². The Morgan fingerprint density at radius 2 is 1.93 bits per heavy atom. The van der Waals surface area contributed by atoms with Gasteiger partial charge < -0.3 is 10.2 Å². The van der Waals surface area contributed by atoms with Crippen LogP contribution in [0, 0.1) is 0 Å². The number of nitrogens with zero attached hydrogens (tertiary/aromatic N) is 2. The number of hydrogen-bond donors (Lipinski definition) is 1. The maximum atomic E-state index is 12.7. The summed E-state index contributed by atoms with van der Waals surface area (Å²) in [6, 6.07) is 8.98. The van der Waals surface area contributed by atoms with E-state index in [9.17, 15) is 4.79 Å². The van der Waals surface area contributed by atoms with Crippen molar-refractivity contribution in [3.63, 3.8) is 0 Å². The van der Waals surface area contributed by atoms with E-state index in [0.717, 1.165) is 24.4 Å². The number of carbonyl (C=O) groups is 1. The molecule has 4 nitrogen and oxygen atoms in total. The van der Waals surface area contributed by atoms with E-state index >= 15 is 0 Å². The van der Waals surface area contributed by atoms with Crippen LogP contribution in [-0.4, -0.2) is 40.4 Å². The van der Waals surface area contributed by atoms with E-state index in [1.54, 1.807) is 0 Å². The summed E-state index contributed by atoms with van der Waals surface area (Å²) in [7, 11) is 0. The highest BCUT2D eigenvalue weighted by atomic mass is 32.2. The lowest BCUT2D eigenvalue weighted by Gasteiger charge is -2.27. The van der Waals surface area contributed by atoms with Gasteiger partial charge in [0.1, 0.15) is 0 Å². The van der Waals surface area contributed by atoms with Gasteiger partial charge in [-0.15, -0.1) is 0 Å². The number of amides is 1. The van der Waals surface area contributed by atoms with Gasteiger partial charge in [0.2, 0.25) is 5.91 Å². The van der Waals surface area contributed by atoms with Crippen molar-refractivity contribution in [2.75, 3.05) is 17.6 Å². The maximum absolute atomic E-state index is 12.7. The standard InChI is InChI=1S/C24H37N3OS/c1-4-5-15-27-22(17-29-24(27)26-20-9-7-6-8-10-20)16-23(28)25-21-13-11-19(12-14-21)18(2)3/h11-14,18,20,22H,4-10,15-17H2,1-3H3,(H,25,28). The predicted octanol–water partition coefficient (Wildman–Crippen LogP) is 6.04. The third-order valence-corrected chi connectivity index (χ3v) is 7.14. The first kappa shape index (κ1) is 22.2. The van der Waals surface area contributed by atoms with E-state index in [0.29, 0.717) is 18.4 Å². The van der Waals surface area contributed by atoms with Gasteiger partial charge in [-0.3, -0.25) is 9.79 Å². The first-order valence-corrected chi connectivity index (χ1v) is 12.4. The van der Waals surface area contributed by atoms with Crippen LogP contribution in [0.4, 0.5) is 5.69 Å². The molecule has 0 spiro atoms. The number of hydrogen-bond acceptors (Lipinski definition) is 3. The third kappa shape index (κ3) is 6.50. The van der Waals surface area contributed by atoms with E-state index in [-0.39, 0.29) is 11.9 Å². The Morgan fingerprint density at radius 3 is 2.59 bits per heavy atom. The smallest absolute Gasteiger partial charge is 0.226 e. The molecule has 1 aliphatic carbocycles. The zero-order chi connectivity index (χ0) is 20.6. The summed E-state index contributed by atoms with van der Waals surface area (Å²) in [5.74, 6) is 1.58. The molecule has 0 radical (unpaired) electrons. The lowest BCUT2D eigenvalue weighted by atomic mass is 9.96. The van der Waals surface area contributed by atoms with Gasteiger partial charge in [0.15, 0.2) is 5.17 Å². The number of nitrogens with one attached hydrogen (secondary N) is 1. The van der Waals surface area contributed by atoms with Gasteiger partial charge in [-0.25, -0.2) is 0 Å². The zero-order valence-corrected chi connectivity index (χ0v) is 19.1. The number of benzene rings is 1. The lowest BCUT2D eigenvalue weighted by Crippen LogP contribution is -2.38. The van der Waals surface area contributed by atoms with Crippen molar-refractivity contribution in [2.45, 2.75) is 90.1 Å². The van der Waals surface area contributed by atoms with Crippen LogP contribution in [-0.2, 0) is 4.79 Å². The van der Waals surface area contributed by atoms with Crippen LogP contribution in [0.3, 0.4) is 0 Å². The van der Waals surface area contributed by atoms with E-state index in [1.807, 2.05) is 23.9 Å². The molecule has 1 amide bonds. The number of anilines is 1. The number of carbonyl (C=O) groups excluding carboxylic acids is 1. The molecule has 29 heavy (non-hydrogen) atoms. The minimum absolute atomic E-state index is 0.105. The van der Waals surface area contributed by atoms with Crippen molar-refractivity contribution >= 4 is 28.5 Å². The fraction of sp³-hybridized carbons (Fsp3) is 0.667. The molecule has 3 rings (SSSR count). The number of aliphatic imine (C=N–C) groups is 1. The molecule has 1 heterocycles. The molecule has 1 N–H and O–H groups in total. The summed E-state index contributed by atoms with van der Waals surface area (Å²) in [5.41, 5.74) is 2.19. The van der Waals surface area contributed by atoms with Crippen LogP contribution in [0.1, 0.15) is 83.6 Å². The van der Waals surface area contributed by atoms with E-state index in [2.05, 4.69) is 43.1 Å². The van der Waals surface area contributed by atoms with Gasteiger partial charge in [-0.1, -0.05) is 70.3 Å². The number of thioether (sulfide) groups is 1. The topological polar surface area (TPSA) is 44.7 Å². The first-order valence-electron chi connectivity index (χ1n) is 11.4. The molecular formula is C24H37N3OS.